The van der Waals surface area contributed by atoms with E-state index >= 15 is 0 Å². The Morgan fingerprint density at radius 2 is 1.77 bits per heavy atom. The number of ether oxygens (including phenoxy) is 1. The lowest BCUT2D eigenvalue weighted by Crippen LogP contribution is -2.29. The molecule has 0 fully saturated rings. The molecule has 2 N–H and O–H groups in total. The molecule has 0 aliphatic heterocycles. The number of para-hydroxylation sites is 1. The van der Waals surface area contributed by atoms with Crippen molar-refractivity contribution < 1.29 is 18.7 Å². The first-order chi connectivity index (χ1) is 14.9. The van der Waals surface area contributed by atoms with Gasteiger partial charge in [-0.2, -0.15) is 0 Å². The minimum Gasteiger partial charge on any atom is -0.495 e. The van der Waals surface area contributed by atoms with Crippen molar-refractivity contribution in [2.24, 2.45) is 0 Å². The van der Waals surface area contributed by atoms with E-state index in [1.54, 1.807) is 13.2 Å². The van der Waals surface area contributed by atoms with Gasteiger partial charge in [0.2, 0.25) is 11.8 Å². The molecule has 3 aromatic carbocycles. The van der Waals surface area contributed by atoms with E-state index in [0.29, 0.717) is 17.0 Å². The quantitative estimate of drug-likeness (QED) is 0.378. The number of methoxy groups -OCH3 is 1. The zero-order chi connectivity index (χ0) is 22.0. The Hall–Kier alpha value is -3.32. The molecule has 0 bridgehead atoms. The average Bonchev–Trinajstić information content (AvgIpc) is 3.10. The number of furan rings is 1. The SMILES string of the molecule is COc1cc2c(cc1NC(=O)CC(NC(C)=O)c1ccc(Br)cc1)oc1ccccc12. The van der Waals surface area contributed by atoms with Crippen LogP contribution in [0.15, 0.2) is 69.6 Å². The number of carbonyl (C=O) groups excluding carboxylic acids is 2. The Kier molecular flexibility index (Phi) is 5.95. The molecule has 4 aromatic rings. The van der Waals surface area contributed by atoms with E-state index in [2.05, 4.69) is 26.6 Å². The van der Waals surface area contributed by atoms with Gasteiger partial charge in [0.1, 0.15) is 16.9 Å². The van der Waals surface area contributed by atoms with Gasteiger partial charge >= 0.3 is 0 Å². The Labute approximate surface area is 187 Å². The fraction of sp³-hybridized carbons (Fsp3) is 0.167. The van der Waals surface area contributed by atoms with Gasteiger partial charge < -0.3 is 19.8 Å². The van der Waals surface area contributed by atoms with Crippen LogP contribution in [-0.4, -0.2) is 18.9 Å². The van der Waals surface area contributed by atoms with Gasteiger partial charge in [-0.1, -0.05) is 46.3 Å². The largest absolute Gasteiger partial charge is 0.495 e. The maximum Gasteiger partial charge on any atom is 0.226 e. The molecule has 0 radical (unpaired) electrons. The van der Waals surface area contributed by atoms with Crippen molar-refractivity contribution in [1.82, 2.24) is 5.32 Å². The van der Waals surface area contributed by atoms with Crippen molar-refractivity contribution in [3.63, 3.8) is 0 Å². The van der Waals surface area contributed by atoms with Crippen LogP contribution >= 0.6 is 15.9 Å². The normalized spacial score (nSPS) is 12.0. The van der Waals surface area contributed by atoms with E-state index in [1.165, 1.54) is 6.92 Å². The first-order valence-electron chi connectivity index (χ1n) is 9.76. The minimum atomic E-state index is -0.452. The predicted octanol–water partition coefficient (Wildman–Crippen LogP) is 5.56. The molecule has 1 atom stereocenters. The molecular weight excluding hydrogens is 460 g/mol. The van der Waals surface area contributed by atoms with E-state index in [1.807, 2.05) is 54.6 Å². The summed E-state index contributed by atoms with van der Waals surface area (Å²) in [6.07, 6.45) is 0.0720. The summed E-state index contributed by atoms with van der Waals surface area (Å²) in [5, 5.41) is 7.64. The van der Waals surface area contributed by atoms with Crippen LogP contribution in [0.2, 0.25) is 0 Å². The van der Waals surface area contributed by atoms with Crippen molar-refractivity contribution in [3.8, 4) is 5.75 Å². The Balaban J connectivity index is 1.60. The smallest absolute Gasteiger partial charge is 0.226 e. The highest BCUT2D eigenvalue weighted by Gasteiger charge is 2.19. The summed E-state index contributed by atoms with van der Waals surface area (Å²) < 4.78 is 12.4. The summed E-state index contributed by atoms with van der Waals surface area (Å²) in [6, 6.07) is 18.4. The Bertz CT molecular complexity index is 1260. The third-order valence-electron chi connectivity index (χ3n) is 5.01. The van der Waals surface area contributed by atoms with Crippen LogP contribution in [0, 0.1) is 0 Å². The molecule has 7 heteroatoms. The van der Waals surface area contributed by atoms with E-state index < -0.39 is 6.04 Å². The molecule has 31 heavy (non-hydrogen) atoms. The zero-order valence-electron chi connectivity index (χ0n) is 17.1. The summed E-state index contributed by atoms with van der Waals surface area (Å²) in [5.41, 5.74) is 2.78. The highest BCUT2D eigenvalue weighted by atomic mass is 79.9. The maximum atomic E-state index is 12.9. The van der Waals surface area contributed by atoms with Crippen LogP contribution < -0.4 is 15.4 Å². The molecule has 1 heterocycles. The summed E-state index contributed by atoms with van der Waals surface area (Å²) in [5.74, 6) is 0.0737. The molecule has 6 nitrogen and oxygen atoms in total. The van der Waals surface area contributed by atoms with Gasteiger partial charge in [0, 0.05) is 28.2 Å². The van der Waals surface area contributed by atoms with Gasteiger partial charge in [-0.3, -0.25) is 9.59 Å². The van der Waals surface area contributed by atoms with Crippen LogP contribution in [0.1, 0.15) is 24.9 Å². The Morgan fingerprint density at radius 3 is 2.48 bits per heavy atom. The lowest BCUT2D eigenvalue weighted by molar-refractivity contribution is -0.120. The number of nitrogens with one attached hydrogen (secondary N) is 2. The average molecular weight is 481 g/mol. The van der Waals surface area contributed by atoms with Crippen molar-refractivity contribution in [1.29, 1.82) is 0 Å². The van der Waals surface area contributed by atoms with E-state index in [0.717, 1.165) is 26.4 Å². The molecule has 2 amide bonds. The highest BCUT2D eigenvalue weighted by Crippen LogP contribution is 2.36. The summed E-state index contributed by atoms with van der Waals surface area (Å²) >= 11 is 3.40. The molecule has 0 saturated carbocycles. The number of benzene rings is 3. The fourth-order valence-electron chi connectivity index (χ4n) is 3.60. The van der Waals surface area contributed by atoms with Crippen LogP contribution in [0.3, 0.4) is 0 Å². The molecule has 0 aliphatic rings. The second kappa shape index (κ2) is 8.81. The molecule has 0 aliphatic carbocycles. The van der Waals surface area contributed by atoms with Crippen LogP contribution in [0.5, 0.6) is 5.75 Å². The van der Waals surface area contributed by atoms with Gasteiger partial charge in [-0.05, 0) is 29.8 Å². The van der Waals surface area contributed by atoms with E-state index in [4.69, 9.17) is 9.15 Å². The Morgan fingerprint density at radius 1 is 1.03 bits per heavy atom. The number of anilines is 1. The highest BCUT2D eigenvalue weighted by molar-refractivity contribution is 9.10. The molecule has 1 unspecified atom stereocenters. The maximum absolute atomic E-state index is 12.9. The predicted molar refractivity (Wildman–Crippen MR) is 124 cm³/mol. The van der Waals surface area contributed by atoms with Gasteiger partial charge in [-0.15, -0.1) is 0 Å². The molecule has 4 rings (SSSR count). The number of carbonyl (C=O) groups is 2. The molecule has 0 saturated heterocycles. The zero-order valence-corrected chi connectivity index (χ0v) is 18.7. The number of halogens is 1. The fourth-order valence-corrected chi connectivity index (χ4v) is 3.86. The first kappa shape index (κ1) is 20.9. The van der Waals surface area contributed by atoms with Crippen LogP contribution in [0.25, 0.3) is 21.9 Å². The summed E-state index contributed by atoms with van der Waals surface area (Å²) in [4.78, 5) is 24.5. The van der Waals surface area contributed by atoms with Gasteiger partial charge in [0.15, 0.2) is 0 Å². The van der Waals surface area contributed by atoms with Crippen molar-refractivity contribution in [2.75, 3.05) is 12.4 Å². The number of hydrogen-bond acceptors (Lipinski definition) is 4. The standard InChI is InChI=1S/C24H21BrN2O4/c1-14(28)26-19(15-7-9-16(25)10-8-15)13-24(29)27-20-12-22-18(11-23(20)30-2)17-5-3-4-6-21(17)31-22/h3-12,19H,13H2,1-2H3,(H,26,28)(H,27,29). The second-order valence-electron chi connectivity index (χ2n) is 7.20. The van der Waals surface area contributed by atoms with Gasteiger partial charge in [-0.25, -0.2) is 0 Å². The monoisotopic (exact) mass is 480 g/mol. The van der Waals surface area contributed by atoms with Crippen LogP contribution in [0.4, 0.5) is 5.69 Å². The van der Waals surface area contributed by atoms with Crippen molar-refractivity contribution in [3.05, 3.63) is 70.7 Å². The van der Waals surface area contributed by atoms with Crippen molar-refractivity contribution >= 4 is 55.4 Å². The topological polar surface area (TPSA) is 80.6 Å². The number of amides is 2. The van der Waals surface area contributed by atoms with E-state index in [-0.39, 0.29) is 18.2 Å². The molecule has 1 aromatic heterocycles. The van der Waals surface area contributed by atoms with Gasteiger partial charge in [0.05, 0.1) is 25.3 Å². The third kappa shape index (κ3) is 4.56. The third-order valence-corrected chi connectivity index (χ3v) is 5.54. The lowest BCUT2D eigenvalue weighted by atomic mass is 10.0. The first-order valence-corrected chi connectivity index (χ1v) is 10.6. The summed E-state index contributed by atoms with van der Waals surface area (Å²) in [7, 11) is 1.56. The minimum absolute atomic E-state index is 0.0720. The van der Waals surface area contributed by atoms with E-state index in [9.17, 15) is 9.59 Å². The summed E-state index contributed by atoms with van der Waals surface area (Å²) in [6.45, 7) is 1.43. The van der Waals surface area contributed by atoms with Crippen molar-refractivity contribution in [2.45, 2.75) is 19.4 Å². The molecular formula is C24H21BrN2O4. The number of fused-ring (bicyclic) bond motifs is 3. The van der Waals surface area contributed by atoms with Gasteiger partial charge in [0.25, 0.3) is 0 Å². The molecule has 0 spiro atoms. The number of hydrogen-bond donors (Lipinski definition) is 2. The number of rotatable bonds is 6. The molecule has 158 valence electrons. The lowest BCUT2D eigenvalue weighted by Gasteiger charge is -2.19. The second-order valence-corrected chi connectivity index (χ2v) is 8.12. The van der Waals surface area contributed by atoms with Crippen LogP contribution in [-0.2, 0) is 9.59 Å².